The molecule has 228 valence electrons. The van der Waals surface area contributed by atoms with Crippen molar-refractivity contribution in [2.24, 2.45) is 0 Å². The third-order valence-electron chi connectivity index (χ3n) is 9.63. The van der Waals surface area contributed by atoms with Crippen molar-refractivity contribution in [3.8, 4) is 39.6 Å². The van der Waals surface area contributed by atoms with Gasteiger partial charge in [-0.25, -0.2) is 9.97 Å². The highest BCUT2D eigenvalue weighted by molar-refractivity contribution is 6.23. The van der Waals surface area contributed by atoms with E-state index in [1.165, 1.54) is 16.2 Å². The second-order valence-corrected chi connectivity index (χ2v) is 12.4. The minimum absolute atomic E-state index is 0.911. The molecule has 10 rings (SSSR count). The van der Waals surface area contributed by atoms with Gasteiger partial charge in [0.15, 0.2) is 0 Å². The van der Waals surface area contributed by atoms with Gasteiger partial charge in [0.25, 0.3) is 0 Å². The van der Waals surface area contributed by atoms with E-state index in [0.717, 1.165) is 77.7 Å². The van der Waals surface area contributed by atoms with Crippen LogP contribution in [0.15, 0.2) is 170 Å². The molecular formula is C45H28N4. The Bertz CT molecular complexity index is 2850. The molecule has 0 N–H and O–H groups in total. The van der Waals surface area contributed by atoms with Gasteiger partial charge >= 0.3 is 0 Å². The predicted molar refractivity (Wildman–Crippen MR) is 203 cm³/mol. The summed E-state index contributed by atoms with van der Waals surface area (Å²) in [5.74, 6) is 0.911. The Morgan fingerprint density at radius 1 is 0.408 bits per heavy atom. The van der Waals surface area contributed by atoms with Crippen LogP contribution < -0.4 is 0 Å². The third-order valence-corrected chi connectivity index (χ3v) is 9.63. The van der Waals surface area contributed by atoms with Crippen LogP contribution in [0.1, 0.15) is 0 Å². The molecular weight excluding hydrogens is 597 g/mol. The molecule has 49 heavy (non-hydrogen) atoms. The highest BCUT2D eigenvalue weighted by atomic mass is 15.1. The summed E-state index contributed by atoms with van der Waals surface area (Å²) in [4.78, 5) is 15.5. The zero-order valence-electron chi connectivity index (χ0n) is 26.5. The van der Waals surface area contributed by atoms with Gasteiger partial charge in [-0.3, -0.25) is 9.55 Å². The summed E-state index contributed by atoms with van der Waals surface area (Å²) in [5.41, 5.74) is 9.13. The number of hydrogen-bond acceptors (Lipinski definition) is 3. The number of para-hydroxylation sites is 4. The minimum Gasteiger partial charge on any atom is -0.292 e. The normalized spacial score (nSPS) is 11.7. The van der Waals surface area contributed by atoms with Crippen LogP contribution in [0.4, 0.5) is 0 Å². The van der Waals surface area contributed by atoms with Crippen molar-refractivity contribution in [3.63, 3.8) is 0 Å². The number of fused-ring (bicyclic) bond motifs is 7. The molecule has 0 fully saturated rings. The summed E-state index contributed by atoms with van der Waals surface area (Å²) in [6.07, 6.45) is 2.01. The first kappa shape index (κ1) is 27.5. The molecule has 10 aromatic rings. The topological polar surface area (TPSA) is 43.6 Å². The SMILES string of the molecule is c1ccc(-n2c(-c3ccc(-c4ncc(-c5nc6ccccc6c6c5ccc5ccccc56)c5ccccc45)cc3)nc3ccccc32)cc1. The van der Waals surface area contributed by atoms with Gasteiger partial charge < -0.3 is 0 Å². The zero-order chi connectivity index (χ0) is 32.3. The van der Waals surface area contributed by atoms with Gasteiger partial charge in [-0.15, -0.1) is 0 Å². The van der Waals surface area contributed by atoms with Crippen LogP contribution >= 0.6 is 0 Å². The van der Waals surface area contributed by atoms with Crippen molar-refractivity contribution in [2.45, 2.75) is 0 Å². The summed E-state index contributed by atoms with van der Waals surface area (Å²) in [6.45, 7) is 0. The van der Waals surface area contributed by atoms with E-state index in [0.29, 0.717) is 0 Å². The molecule has 0 amide bonds. The van der Waals surface area contributed by atoms with E-state index in [9.17, 15) is 0 Å². The van der Waals surface area contributed by atoms with E-state index in [2.05, 4.69) is 156 Å². The molecule has 7 aromatic carbocycles. The average Bonchev–Trinajstić information content (AvgIpc) is 3.57. The number of benzene rings is 7. The fourth-order valence-electron chi connectivity index (χ4n) is 7.37. The van der Waals surface area contributed by atoms with E-state index >= 15 is 0 Å². The average molecular weight is 625 g/mol. The molecule has 0 spiro atoms. The van der Waals surface area contributed by atoms with Crippen molar-refractivity contribution < 1.29 is 0 Å². The first-order chi connectivity index (χ1) is 24.3. The second kappa shape index (κ2) is 11.0. The number of pyridine rings is 2. The van der Waals surface area contributed by atoms with Gasteiger partial charge in [-0.2, -0.15) is 0 Å². The summed E-state index contributed by atoms with van der Waals surface area (Å²) < 4.78 is 2.23. The van der Waals surface area contributed by atoms with Crippen LogP contribution in [0.5, 0.6) is 0 Å². The van der Waals surface area contributed by atoms with E-state index in [-0.39, 0.29) is 0 Å². The first-order valence-corrected chi connectivity index (χ1v) is 16.5. The van der Waals surface area contributed by atoms with Gasteiger partial charge in [0.1, 0.15) is 5.82 Å². The zero-order valence-corrected chi connectivity index (χ0v) is 26.5. The monoisotopic (exact) mass is 624 g/mol. The fraction of sp³-hybridized carbons (Fsp3) is 0. The van der Waals surface area contributed by atoms with Crippen LogP contribution in [0.3, 0.4) is 0 Å². The van der Waals surface area contributed by atoms with Crippen LogP contribution in [0, 0.1) is 0 Å². The van der Waals surface area contributed by atoms with E-state index in [1.807, 2.05) is 18.3 Å². The van der Waals surface area contributed by atoms with Gasteiger partial charge in [0, 0.05) is 50.1 Å². The lowest BCUT2D eigenvalue weighted by molar-refractivity contribution is 1.10. The molecule has 0 unspecified atom stereocenters. The number of nitrogens with zero attached hydrogens (tertiary/aromatic N) is 4. The number of imidazole rings is 1. The molecule has 3 aromatic heterocycles. The largest absolute Gasteiger partial charge is 0.292 e. The Labute approximate surface area is 282 Å². The van der Waals surface area contributed by atoms with Crippen molar-refractivity contribution in [3.05, 3.63) is 170 Å². The predicted octanol–water partition coefficient (Wildman–Crippen LogP) is 11.4. The molecule has 4 heteroatoms. The van der Waals surface area contributed by atoms with Crippen molar-refractivity contribution >= 4 is 54.3 Å². The smallest absolute Gasteiger partial charge is 0.145 e. The van der Waals surface area contributed by atoms with Crippen molar-refractivity contribution in [2.75, 3.05) is 0 Å². The van der Waals surface area contributed by atoms with Crippen LogP contribution in [-0.2, 0) is 0 Å². The molecule has 0 aliphatic carbocycles. The molecule has 0 aliphatic heterocycles. The lowest BCUT2D eigenvalue weighted by atomic mass is 9.93. The maximum absolute atomic E-state index is 5.28. The molecule has 0 saturated heterocycles. The van der Waals surface area contributed by atoms with E-state index in [1.54, 1.807) is 0 Å². The molecule has 0 aliphatic rings. The molecule has 4 nitrogen and oxygen atoms in total. The molecule has 0 saturated carbocycles. The minimum atomic E-state index is 0.911. The Hall–Kier alpha value is -6.65. The highest BCUT2D eigenvalue weighted by Gasteiger charge is 2.18. The van der Waals surface area contributed by atoms with Gasteiger partial charge in [-0.05, 0) is 46.5 Å². The first-order valence-electron chi connectivity index (χ1n) is 16.5. The maximum Gasteiger partial charge on any atom is 0.145 e. The summed E-state index contributed by atoms with van der Waals surface area (Å²) in [5, 5.41) is 8.18. The van der Waals surface area contributed by atoms with E-state index in [4.69, 9.17) is 15.0 Å². The van der Waals surface area contributed by atoms with Crippen LogP contribution in [0.2, 0.25) is 0 Å². The summed E-state index contributed by atoms with van der Waals surface area (Å²) >= 11 is 0. The Kier molecular flexibility index (Phi) is 6.15. The van der Waals surface area contributed by atoms with Crippen molar-refractivity contribution in [1.29, 1.82) is 0 Å². The Morgan fingerprint density at radius 3 is 1.90 bits per heavy atom. The Balaban J connectivity index is 1.14. The van der Waals surface area contributed by atoms with Crippen molar-refractivity contribution in [1.82, 2.24) is 19.5 Å². The van der Waals surface area contributed by atoms with Crippen LogP contribution in [0.25, 0.3) is 93.8 Å². The molecule has 0 bridgehead atoms. The van der Waals surface area contributed by atoms with E-state index < -0.39 is 0 Å². The third kappa shape index (κ3) is 4.35. The fourth-order valence-corrected chi connectivity index (χ4v) is 7.37. The molecule has 0 radical (unpaired) electrons. The maximum atomic E-state index is 5.28. The second-order valence-electron chi connectivity index (χ2n) is 12.4. The molecule has 3 heterocycles. The lowest BCUT2D eigenvalue weighted by Crippen LogP contribution is -1.97. The molecule has 0 atom stereocenters. The number of aromatic nitrogens is 4. The summed E-state index contributed by atoms with van der Waals surface area (Å²) in [6, 6.07) is 57.4. The van der Waals surface area contributed by atoms with Gasteiger partial charge in [0.05, 0.1) is 27.9 Å². The quantitative estimate of drug-likeness (QED) is 0.183. The Morgan fingerprint density at radius 2 is 1.06 bits per heavy atom. The number of rotatable bonds is 4. The lowest BCUT2D eigenvalue weighted by Gasteiger charge is -2.15. The summed E-state index contributed by atoms with van der Waals surface area (Å²) in [7, 11) is 0. The van der Waals surface area contributed by atoms with Gasteiger partial charge in [-0.1, -0.05) is 133 Å². The standard InChI is InChI=1S/C45H28N4/c1-2-13-32(14-3-1)49-41-21-11-10-20-40(41)48-45(49)31-24-22-30(23-25-31)43-35-17-7-6-16-34(35)38(28-46-43)44-37-27-26-29-12-4-5-15-33(29)42(37)36-18-8-9-19-39(36)47-44/h1-28H. The van der Waals surface area contributed by atoms with Crippen LogP contribution in [-0.4, -0.2) is 19.5 Å². The van der Waals surface area contributed by atoms with Gasteiger partial charge in [0.2, 0.25) is 0 Å². The number of hydrogen-bond donors (Lipinski definition) is 0. The highest BCUT2D eigenvalue weighted by Crippen LogP contribution is 2.41.